The van der Waals surface area contributed by atoms with Crippen LogP contribution in [0.1, 0.15) is 20.3 Å². The normalized spacial score (nSPS) is 16.6. The third-order valence-electron chi connectivity index (χ3n) is 1.95. The van der Waals surface area contributed by atoms with Gasteiger partial charge in [-0.25, -0.2) is 0 Å². The first kappa shape index (κ1) is 11.7. The summed E-state index contributed by atoms with van der Waals surface area (Å²) in [5.74, 6) is -1.25. The fourth-order valence-electron chi connectivity index (χ4n) is 1.26. The summed E-state index contributed by atoms with van der Waals surface area (Å²) in [6.07, 6.45) is 1.50. The van der Waals surface area contributed by atoms with Gasteiger partial charge in [0, 0.05) is 18.6 Å². The van der Waals surface area contributed by atoms with Gasteiger partial charge in [-0.3, -0.25) is 14.4 Å². The highest BCUT2D eigenvalue weighted by Crippen LogP contribution is 2.23. The monoisotopic (exact) mass is 227 g/mol. The van der Waals surface area contributed by atoms with E-state index in [0.717, 1.165) is 6.08 Å². The molecule has 1 aliphatic carbocycles. The van der Waals surface area contributed by atoms with Crippen LogP contribution < -0.4 is 5.32 Å². The van der Waals surface area contributed by atoms with Crippen molar-refractivity contribution in [1.82, 2.24) is 5.32 Å². The summed E-state index contributed by atoms with van der Waals surface area (Å²) in [5, 5.41) is 2.17. The summed E-state index contributed by atoms with van der Waals surface area (Å²) in [4.78, 5) is 33.7. The van der Waals surface area contributed by atoms with Crippen molar-refractivity contribution in [1.29, 1.82) is 0 Å². The molecule has 4 nitrogen and oxygen atoms in total. The van der Waals surface area contributed by atoms with Gasteiger partial charge in [-0.1, -0.05) is 18.5 Å². The number of nitrogens with one attached hydrogen (secondary N) is 1. The standard InChI is InChI=1S/C10H10ClNO3/c1-3-6-8(14)4-7(12-5(2)13)10(15)9(6)11/h4H,3H2,1-2H3,(H,12,13). The van der Waals surface area contributed by atoms with Gasteiger partial charge < -0.3 is 5.32 Å². The van der Waals surface area contributed by atoms with Crippen LogP contribution >= 0.6 is 11.6 Å². The molecule has 0 saturated carbocycles. The molecule has 0 aromatic carbocycles. The number of hydrogen-bond donors (Lipinski definition) is 1. The van der Waals surface area contributed by atoms with Crippen molar-refractivity contribution in [3.63, 3.8) is 0 Å². The Bertz CT molecular complexity index is 407. The van der Waals surface area contributed by atoms with Crippen molar-refractivity contribution < 1.29 is 14.4 Å². The fourth-order valence-corrected chi connectivity index (χ4v) is 1.59. The van der Waals surface area contributed by atoms with Crippen LogP contribution in [0.4, 0.5) is 0 Å². The van der Waals surface area contributed by atoms with E-state index in [1.54, 1.807) is 6.92 Å². The fraction of sp³-hybridized carbons (Fsp3) is 0.300. The molecule has 1 rings (SSSR count). The van der Waals surface area contributed by atoms with Gasteiger partial charge in [0.05, 0.1) is 10.7 Å². The maximum absolute atomic E-state index is 11.6. The third kappa shape index (κ3) is 2.33. The van der Waals surface area contributed by atoms with Gasteiger partial charge in [-0.2, -0.15) is 0 Å². The Hall–Kier alpha value is -1.42. The Morgan fingerprint density at radius 3 is 2.53 bits per heavy atom. The van der Waals surface area contributed by atoms with Crippen LogP contribution in [-0.4, -0.2) is 17.5 Å². The predicted molar refractivity (Wildman–Crippen MR) is 55.1 cm³/mol. The largest absolute Gasteiger partial charge is 0.323 e. The minimum atomic E-state index is -0.511. The zero-order valence-corrected chi connectivity index (χ0v) is 9.14. The van der Waals surface area contributed by atoms with Crippen LogP contribution in [0.2, 0.25) is 0 Å². The van der Waals surface area contributed by atoms with Gasteiger partial charge in [-0.05, 0) is 6.42 Å². The number of amides is 1. The maximum atomic E-state index is 11.6. The predicted octanol–water partition coefficient (Wildman–Crippen LogP) is 1.06. The number of Topliss-reactive ketones (excluding diaryl/α,β-unsaturated/α-hetero) is 1. The number of carbonyl (C=O) groups is 3. The number of hydrogen-bond acceptors (Lipinski definition) is 3. The highest BCUT2D eigenvalue weighted by atomic mass is 35.5. The van der Waals surface area contributed by atoms with Gasteiger partial charge in [0.2, 0.25) is 11.7 Å². The van der Waals surface area contributed by atoms with Crippen molar-refractivity contribution in [2.75, 3.05) is 0 Å². The van der Waals surface area contributed by atoms with Crippen LogP contribution in [0.5, 0.6) is 0 Å². The van der Waals surface area contributed by atoms with E-state index in [4.69, 9.17) is 11.6 Å². The van der Waals surface area contributed by atoms with Crippen molar-refractivity contribution in [2.45, 2.75) is 20.3 Å². The van der Waals surface area contributed by atoms with E-state index >= 15 is 0 Å². The van der Waals surface area contributed by atoms with Crippen molar-refractivity contribution >= 4 is 29.1 Å². The molecule has 0 spiro atoms. The second-order valence-electron chi connectivity index (χ2n) is 3.08. The maximum Gasteiger partial charge on any atom is 0.221 e. The lowest BCUT2D eigenvalue weighted by molar-refractivity contribution is -0.120. The molecule has 80 valence electrons. The molecule has 1 amide bonds. The first-order chi connectivity index (χ1) is 6.97. The highest BCUT2D eigenvalue weighted by Gasteiger charge is 2.26. The van der Waals surface area contributed by atoms with Gasteiger partial charge in [0.25, 0.3) is 0 Å². The van der Waals surface area contributed by atoms with E-state index in [0.29, 0.717) is 6.42 Å². The number of ketones is 2. The average Bonchev–Trinajstić information content (AvgIpc) is 2.14. The molecule has 0 bridgehead atoms. The molecule has 0 radical (unpaired) electrons. The quantitative estimate of drug-likeness (QED) is 0.718. The number of halogens is 1. The van der Waals surface area contributed by atoms with E-state index in [-0.39, 0.29) is 22.1 Å². The van der Waals surface area contributed by atoms with Gasteiger partial charge in [0.15, 0.2) is 5.78 Å². The zero-order chi connectivity index (χ0) is 11.6. The number of allylic oxidation sites excluding steroid dienone is 3. The van der Waals surface area contributed by atoms with Gasteiger partial charge in [-0.15, -0.1) is 0 Å². The lowest BCUT2D eigenvalue weighted by Gasteiger charge is -2.13. The molecular weight excluding hydrogens is 218 g/mol. The Labute approximate surface area is 92.0 Å². The lowest BCUT2D eigenvalue weighted by atomic mass is 9.99. The van der Waals surface area contributed by atoms with Crippen molar-refractivity contribution in [3.05, 3.63) is 22.4 Å². The summed E-state index contributed by atoms with van der Waals surface area (Å²) in [7, 11) is 0. The molecule has 0 unspecified atom stereocenters. The molecule has 0 atom stereocenters. The molecule has 15 heavy (non-hydrogen) atoms. The second-order valence-corrected chi connectivity index (χ2v) is 3.46. The minimum absolute atomic E-state index is 0.0605. The van der Waals surface area contributed by atoms with Crippen molar-refractivity contribution in [3.8, 4) is 0 Å². The Morgan fingerprint density at radius 1 is 1.47 bits per heavy atom. The van der Waals surface area contributed by atoms with E-state index in [2.05, 4.69) is 5.32 Å². The molecule has 0 aromatic heterocycles. The topological polar surface area (TPSA) is 63.2 Å². The molecule has 0 fully saturated rings. The molecular formula is C10H10ClNO3. The Balaban J connectivity index is 3.05. The summed E-state index contributed by atoms with van der Waals surface area (Å²) in [5.41, 5.74) is 0.227. The van der Waals surface area contributed by atoms with Crippen LogP contribution in [0.15, 0.2) is 22.4 Å². The first-order valence-electron chi connectivity index (χ1n) is 4.44. The van der Waals surface area contributed by atoms with Crippen LogP contribution in [0.25, 0.3) is 0 Å². The van der Waals surface area contributed by atoms with E-state index < -0.39 is 11.7 Å². The van der Waals surface area contributed by atoms with Gasteiger partial charge in [0.1, 0.15) is 0 Å². The number of carbonyl (C=O) groups excluding carboxylic acids is 3. The Kier molecular flexibility index (Phi) is 3.42. The third-order valence-corrected chi connectivity index (χ3v) is 2.35. The van der Waals surface area contributed by atoms with Crippen LogP contribution in [0, 0.1) is 0 Å². The van der Waals surface area contributed by atoms with Crippen LogP contribution in [-0.2, 0) is 14.4 Å². The molecule has 0 aromatic rings. The molecule has 0 aliphatic heterocycles. The summed E-state index contributed by atoms with van der Waals surface area (Å²) >= 11 is 5.72. The minimum Gasteiger partial charge on any atom is -0.323 e. The number of rotatable bonds is 2. The zero-order valence-electron chi connectivity index (χ0n) is 8.39. The molecule has 1 aliphatic rings. The molecule has 5 heteroatoms. The highest BCUT2D eigenvalue weighted by molar-refractivity contribution is 6.49. The smallest absolute Gasteiger partial charge is 0.221 e. The summed E-state index contributed by atoms with van der Waals surface area (Å²) < 4.78 is 0. The van der Waals surface area contributed by atoms with Crippen molar-refractivity contribution in [2.24, 2.45) is 0 Å². The van der Waals surface area contributed by atoms with Crippen LogP contribution in [0.3, 0.4) is 0 Å². The van der Waals surface area contributed by atoms with E-state index in [9.17, 15) is 14.4 Å². The Morgan fingerprint density at radius 2 is 2.07 bits per heavy atom. The average molecular weight is 228 g/mol. The van der Waals surface area contributed by atoms with Gasteiger partial charge >= 0.3 is 0 Å². The summed E-state index contributed by atoms with van der Waals surface area (Å²) in [6.45, 7) is 2.99. The molecule has 0 saturated heterocycles. The summed E-state index contributed by atoms with van der Waals surface area (Å²) in [6, 6.07) is 0. The first-order valence-corrected chi connectivity index (χ1v) is 4.82. The molecule has 1 N–H and O–H groups in total. The second kappa shape index (κ2) is 4.40. The van der Waals surface area contributed by atoms with E-state index in [1.807, 2.05) is 0 Å². The van der Waals surface area contributed by atoms with E-state index in [1.165, 1.54) is 6.92 Å². The lowest BCUT2D eigenvalue weighted by Crippen LogP contribution is -2.29. The molecule has 0 heterocycles. The SMILES string of the molecule is CCC1=C(Cl)C(=O)C(NC(C)=O)=CC1=O.